The summed E-state index contributed by atoms with van der Waals surface area (Å²) in [5, 5.41) is 16.4. The van der Waals surface area contributed by atoms with Crippen LogP contribution in [0.2, 0.25) is 0 Å². The molecule has 0 atom stereocenters. The maximum atomic E-state index is 12.0. The van der Waals surface area contributed by atoms with Crippen LogP contribution in [-0.4, -0.2) is 33.4 Å². The van der Waals surface area contributed by atoms with Gasteiger partial charge in [0.1, 0.15) is 0 Å². The minimum absolute atomic E-state index is 0.126. The number of amides is 1. The van der Waals surface area contributed by atoms with Crippen molar-refractivity contribution >= 4 is 5.91 Å². The number of aliphatic hydroxyl groups is 1. The van der Waals surface area contributed by atoms with Crippen LogP contribution in [-0.2, 0) is 18.3 Å². The summed E-state index contributed by atoms with van der Waals surface area (Å²) in [5.74, 6) is 0.557. The van der Waals surface area contributed by atoms with Gasteiger partial charge in [-0.15, -0.1) is 0 Å². The van der Waals surface area contributed by atoms with E-state index in [1.165, 1.54) is 0 Å². The van der Waals surface area contributed by atoms with E-state index in [1.54, 1.807) is 0 Å². The van der Waals surface area contributed by atoms with E-state index < -0.39 is 0 Å². The van der Waals surface area contributed by atoms with Crippen LogP contribution >= 0.6 is 0 Å². The van der Waals surface area contributed by atoms with Gasteiger partial charge in [0, 0.05) is 31.8 Å². The molecule has 20 heavy (non-hydrogen) atoms. The molecule has 0 saturated heterocycles. The zero-order valence-corrected chi connectivity index (χ0v) is 12.4. The summed E-state index contributed by atoms with van der Waals surface area (Å²) in [6.45, 7) is 2.30. The van der Waals surface area contributed by atoms with Crippen LogP contribution in [0.5, 0.6) is 0 Å². The fraction of sp³-hybridized carbons (Fsp3) is 0.733. The summed E-state index contributed by atoms with van der Waals surface area (Å²) in [7, 11) is 1.92. The Morgan fingerprint density at radius 1 is 1.45 bits per heavy atom. The predicted molar refractivity (Wildman–Crippen MR) is 77.2 cm³/mol. The zero-order valence-electron chi connectivity index (χ0n) is 12.4. The Morgan fingerprint density at radius 3 is 2.70 bits per heavy atom. The molecule has 1 fully saturated rings. The van der Waals surface area contributed by atoms with Gasteiger partial charge in [-0.05, 0) is 50.5 Å². The Kier molecular flexibility index (Phi) is 5.17. The normalized spacial score (nSPS) is 22.8. The first-order valence-electron chi connectivity index (χ1n) is 7.48. The molecule has 1 aromatic rings. The van der Waals surface area contributed by atoms with Gasteiger partial charge >= 0.3 is 0 Å². The summed E-state index contributed by atoms with van der Waals surface area (Å²) in [4.78, 5) is 12.0. The van der Waals surface area contributed by atoms with Gasteiger partial charge in [-0.3, -0.25) is 9.48 Å². The topological polar surface area (TPSA) is 67.2 Å². The van der Waals surface area contributed by atoms with Gasteiger partial charge in [0.15, 0.2) is 0 Å². The first kappa shape index (κ1) is 15.0. The Morgan fingerprint density at radius 2 is 2.15 bits per heavy atom. The third-order valence-electron chi connectivity index (χ3n) is 4.43. The highest BCUT2D eigenvalue weighted by molar-refractivity contribution is 5.76. The van der Waals surface area contributed by atoms with Crippen molar-refractivity contribution in [1.82, 2.24) is 15.1 Å². The molecule has 0 radical (unpaired) electrons. The lowest BCUT2D eigenvalue weighted by molar-refractivity contribution is -0.122. The van der Waals surface area contributed by atoms with Crippen LogP contribution in [0.15, 0.2) is 6.20 Å². The number of hydrogen-bond acceptors (Lipinski definition) is 3. The average Bonchev–Trinajstić information content (AvgIpc) is 2.77. The minimum Gasteiger partial charge on any atom is -0.396 e. The molecule has 2 N–H and O–H groups in total. The first-order valence-corrected chi connectivity index (χ1v) is 7.48. The van der Waals surface area contributed by atoms with E-state index in [1.807, 2.05) is 24.9 Å². The van der Waals surface area contributed by atoms with Crippen LogP contribution in [0.1, 0.15) is 43.4 Å². The summed E-state index contributed by atoms with van der Waals surface area (Å²) in [5.41, 5.74) is 2.27. The monoisotopic (exact) mass is 279 g/mol. The number of aromatic nitrogens is 2. The third-order valence-corrected chi connectivity index (χ3v) is 4.43. The molecule has 1 amide bonds. The lowest BCUT2D eigenvalue weighted by Crippen LogP contribution is -2.38. The molecule has 1 saturated carbocycles. The number of nitrogens with one attached hydrogen (secondary N) is 1. The Bertz CT molecular complexity index is 448. The molecule has 0 bridgehead atoms. The van der Waals surface area contributed by atoms with E-state index in [4.69, 9.17) is 5.11 Å². The summed E-state index contributed by atoms with van der Waals surface area (Å²) in [6.07, 6.45) is 7.12. The highest BCUT2D eigenvalue weighted by Gasteiger charge is 2.21. The Balaban J connectivity index is 1.72. The molecule has 0 aromatic carbocycles. The number of carbonyl (C=O) groups excluding carboxylic acids is 1. The maximum Gasteiger partial charge on any atom is 0.220 e. The van der Waals surface area contributed by atoms with Gasteiger partial charge in [0.05, 0.1) is 6.20 Å². The van der Waals surface area contributed by atoms with Gasteiger partial charge in [0.25, 0.3) is 0 Å². The molecule has 1 aliphatic carbocycles. The van der Waals surface area contributed by atoms with E-state index in [-0.39, 0.29) is 12.5 Å². The summed E-state index contributed by atoms with van der Waals surface area (Å²) in [6, 6.07) is 0.292. The van der Waals surface area contributed by atoms with Crippen molar-refractivity contribution in [2.24, 2.45) is 13.0 Å². The van der Waals surface area contributed by atoms with E-state index in [2.05, 4.69) is 10.4 Å². The average molecular weight is 279 g/mol. The largest absolute Gasteiger partial charge is 0.396 e. The van der Waals surface area contributed by atoms with Crippen molar-refractivity contribution < 1.29 is 9.90 Å². The summed E-state index contributed by atoms with van der Waals surface area (Å²) < 4.78 is 1.84. The highest BCUT2D eigenvalue weighted by atomic mass is 16.3. The van der Waals surface area contributed by atoms with Gasteiger partial charge in [-0.1, -0.05) is 0 Å². The number of hydrogen-bond donors (Lipinski definition) is 2. The van der Waals surface area contributed by atoms with E-state index >= 15 is 0 Å². The van der Waals surface area contributed by atoms with Gasteiger partial charge in [-0.25, -0.2) is 0 Å². The van der Waals surface area contributed by atoms with Crippen molar-refractivity contribution in [2.75, 3.05) is 6.61 Å². The fourth-order valence-corrected chi connectivity index (χ4v) is 2.83. The quantitative estimate of drug-likeness (QED) is 0.854. The zero-order chi connectivity index (χ0) is 14.5. The molecule has 1 aromatic heterocycles. The van der Waals surface area contributed by atoms with Crippen LogP contribution in [0, 0.1) is 12.8 Å². The van der Waals surface area contributed by atoms with E-state index in [0.29, 0.717) is 18.4 Å². The molecule has 0 aliphatic heterocycles. The molecule has 1 heterocycles. The predicted octanol–water partition coefficient (Wildman–Crippen LogP) is 1.33. The Hall–Kier alpha value is -1.36. The van der Waals surface area contributed by atoms with Crippen molar-refractivity contribution in [3.8, 4) is 0 Å². The molecule has 0 unspecified atom stereocenters. The molecule has 0 spiro atoms. The Labute approximate surface area is 120 Å². The SMILES string of the molecule is Cc1c(CCC(=O)NC2CCC(CO)CC2)cnn1C. The minimum atomic E-state index is 0.126. The van der Waals surface area contributed by atoms with Crippen molar-refractivity contribution in [2.45, 2.75) is 51.5 Å². The van der Waals surface area contributed by atoms with Gasteiger partial charge < -0.3 is 10.4 Å². The molecular formula is C15H25N3O2. The van der Waals surface area contributed by atoms with Crippen LogP contribution in [0.4, 0.5) is 0 Å². The smallest absolute Gasteiger partial charge is 0.220 e. The van der Waals surface area contributed by atoms with E-state index in [0.717, 1.165) is 43.4 Å². The van der Waals surface area contributed by atoms with E-state index in [9.17, 15) is 4.79 Å². The maximum absolute atomic E-state index is 12.0. The molecule has 5 nitrogen and oxygen atoms in total. The van der Waals surface area contributed by atoms with Crippen LogP contribution in [0.25, 0.3) is 0 Å². The van der Waals surface area contributed by atoms with Crippen LogP contribution in [0.3, 0.4) is 0 Å². The summed E-state index contributed by atoms with van der Waals surface area (Å²) >= 11 is 0. The van der Waals surface area contributed by atoms with Crippen molar-refractivity contribution in [1.29, 1.82) is 0 Å². The molecule has 112 valence electrons. The van der Waals surface area contributed by atoms with Gasteiger partial charge in [0.2, 0.25) is 5.91 Å². The fourth-order valence-electron chi connectivity index (χ4n) is 2.83. The van der Waals surface area contributed by atoms with Gasteiger partial charge in [-0.2, -0.15) is 5.10 Å². The first-order chi connectivity index (χ1) is 9.60. The lowest BCUT2D eigenvalue weighted by atomic mass is 9.86. The second kappa shape index (κ2) is 6.88. The van der Waals surface area contributed by atoms with Crippen molar-refractivity contribution in [3.63, 3.8) is 0 Å². The molecule has 5 heteroatoms. The standard InChI is InChI=1S/C15H25N3O2/c1-11-13(9-16-18(11)2)5-8-15(20)17-14-6-3-12(10-19)4-7-14/h9,12,14,19H,3-8,10H2,1-2H3,(H,17,20). The van der Waals surface area contributed by atoms with Crippen molar-refractivity contribution in [3.05, 3.63) is 17.5 Å². The second-order valence-electron chi connectivity index (χ2n) is 5.85. The second-order valence-corrected chi connectivity index (χ2v) is 5.85. The molecular weight excluding hydrogens is 254 g/mol. The number of rotatable bonds is 5. The number of nitrogens with zero attached hydrogens (tertiary/aromatic N) is 2. The lowest BCUT2D eigenvalue weighted by Gasteiger charge is -2.27. The number of aryl methyl sites for hydroxylation is 2. The molecule has 2 rings (SSSR count). The number of carbonyl (C=O) groups is 1. The third kappa shape index (κ3) is 3.82. The molecule has 1 aliphatic rings. The van der Waals surface area contributed by atoms with Crippen LogP contribution < -0.4 is 5.32 Å². The number of aliphatic hydroxyl groups excluding tert-OH is 1. The highest BCUT2D eigenvalue weighted by Crippen LogP contribution is 2.23.